The largest absolute Gasteiger partial charge is 0.335 e. The van der Waals surface area contributed by atoms with E-state index in [1.165, 1.54) is 18.4 Å². The number of nitrogens with zero attached hydrogens (tertiary/aromatic N) is 1. The van der Waals surface area contributed by atoms with E-state index in [2.05, 4.69) is 17.1 Å². The fourth-order valence-electron chi connectivity index (χ4n) is 4.12. The van der Waals surface area contributed by atoms with Gasteiger partial charge in [0.2, 0.25) is 5.91 Å². The van der Waals surface area contributed by atoms with E-state index in [-0.39, 0.29) is 24.1 Å². The van der Waals surface area contributed by atoms with Crippen LogP contribution in [0, 0.1) is 0 Å². The number of halogens is 1. The maximum Gasteiger partial charge on any atom is 0.223 e. The van der Waals surface area contributed by atoms with Crippen LogP contribution in [0.2, 0.25) is 0 Å². The van der Waals surface area contributed by atoms with Crippen LogP contribution in [-0.2, 0) is 11.2 Å². The van der Waals surface area contributed by atoms with Crippen molar-refractivity contribution in [2.24, 2.45) is 0 Å². The average molecular weight is 379 g/mol. The van der Waals surface area contributed by atoms with E-state index < -0.39 is 0 Å². The maximum absolute atomic E-state index is 12.7. The first kappa shape index (κ1) is 20.9. The summed E-state index contributed by atoms with van der Waals surface area (Å²) in [5.74, 6) is 0.236. The molecule has 4 nitrogen and oxygen atoms in total. The molecule has 1 amide bonds. The molecule has 1 aromatic carbocycles. The summed E-state index contributed by atoms with van der Waals surface area (Å²) in [5, 5.41) is 3.41. The molecule has 0 aliphatic carbocycles. The zero-order chi connectivity index (χ0) is 17.6. The Morgan fingerprint density at radius 1 is 1.08 bits per heavy atom. The van der Waals surface area contributed by atoms with Crippen molar-refractivity contribution in [3.63, 3.8) is 0 Å². The Hall–Kier alpha value is -1.39. The molecule has 0 radical (unpaired) electrons. The molecule has 26 heavy (non-hydrogen) atoms. The molecule has 2 aliphatic heterocycles. The summed E-state index contributed by atoms with van der Waals surface area (Å²) in [4.78, 5) is 27.2. The van der Waals surface area contributed by atoms with Gasteiger partial charge in [-0.2, -0.15) is 0 Å². The van der Waals surface area contributed by atoms with E-state index >= 15 is 0 Å². The van der Waals surface area contributed by atoms with Crippen LogP contribution in [0.25, 0.3) is 0 Å². The van der Waals surface area contributed by atoms with Crippen LogP contribution in [0.1, 0.15) is 67.8 Å². The van der Waals surface area contributed by atoms with Crippen LogP contribution in [0.3, 0.4) is 0 Å². The van der Waals surface area contributed by atoms with Crippen molar-refractivity contribution in [2.45, 2.75) is 70.4 Å². The van der Waals surface area contributed by atoms with Gasteiger partial charge < -0.3 is 10.2 Å². The minimum Gasteiger partial charge on any atom is -0.335 e. The Morgan fingerprint density at radius 2 is 1.81 bits per heavy atom. The van der Waals surface area contributed by atoms with E-state index in [1.807, 2.05) is 24.3 Å². The van der Waals surface area contributed by atoms with Gasteiger partial charge in [0.1, 0.15) is 0 Å². The second-order valence-electron chi connectivity index (χ2n) is 7.40. The van der Waals surface area contributed by atoms with E-state index in [9.17, 15) is 9.59 Å². The number of carbonyl (C=O) groups is 2. The van der Waals surface area contributed by atoms with Crippen LogP contribution in [-0.4, -0.2) is 41.8 Å². The first-order chi connectivity index (χ1) is 12.2. The van der Waals surface area contributed by atoms with Crippen molar-refractivity contribution < 1.29 is 9.59 Å². The van der Waals surface area contributed by atoms with Crippen LogP contribution in [0.15, 0.2) is 24.3 Å². The number of hydrogen-bond acceptors (Lipinski definition) is 3. The number of benzene rings is 1. The number of Topliss-reactive ketones (excluding diaryl/α,β-unsaturated/α-hetero) is 1. The van der Waals surface area contributed by atoms with Crippen molar-refractivity contribution in [3.05, 3.63) is 35.4 Å². The number of fused-ring (bicyclic) bond motifs is 2. The number of amides is 1. The molecule has 1 aromatic rings. The quantitative estimate of drug-likeness (QED) is 0.735. The summed E-state index contributed by atoms with van der Waals surface area (Å²) in [6, 6.07) is 8.62. The molecule has 5 heteroatoms. The normalized spacial score (nSPS) is 21.8. The Morgan fingerprint density at radius 3 is 2.54 bits per heavy atom. The molecule has 2 heterocycles. The smallest absolute Gasteiger partial charge is 0.223 e. The van der Waals surface area contributed by atoms with E-state index in [0.717, 1.165) is 44.3 Å². The van der Waals surface area contributed by atoms with Crippen molar-refractivity contribution in [1.29, 1.82) is 0 Å². The van der Waals surface area contributed by atoms with Gasteiger partial charge in [0.05, 0.1) is 0 Å². The molecule has 144 valence electrons. The van der Waals surface area contributed by atoms with Gasteiger partial charge in [0.25, 0.3) is 0 Å². The third-order valence-electron chi connectivity index (χ3n) is 5.60. The molecular weight excluding hydrogens is 348 g/mol. The van der Waals surface area contributed by atoms with Crippen molar-refractivity contribution >= 4 is 24.1 Å². The van der Waals surface area contributed by atoms with E-state index in [1.54, 1.807) is 0 Å². The predicted molar refractivity (Wildman–Crippen MR) is 107 cm³/mol. The fraction of sp³-hybridized carbons (Fsp3) is 0.619. The molecule has 1 N–H and O–H groups in total. The van der Waals surface area contributed by atoms with Gasteiger partial charge >= 0.3 is 0 Å². The second-order valence-corrected chi connectivity index (χ2v) is 7.40. The highest BCUT2D eigenvalue weighted by Crippen LogP contribution is 2.28. The Balaban J connectivity index is 0.00000243. The highest BCUT2D eigenvalue weighted by Gasteiger charge is 2.37. The number of carbonyl (C=O) groups excluding carboxylic acids is 2. The molecule has 0 spiro atoms. The lowest BCUT2D eigenvalue weighted by Crippen LogP contribution is -2.42. The third-order valence-corrected chi connectivity index (χ3v) is 5.60. The molecule has 0 saturated carbocycles. The molecule has 2 saturated heterocycles. The standard InChI is InChI=1S/C21H30N2O2.ClH/c1-2-3-4-16-5-7-17(8-6-16)20(24)11-12-21(25)23-18-9-10-19(23)15-22-14-13-18;/h5-8,18-19,22H,2-4,9-15H2,1H3;1H. The summed E-state index contributed by atoms with van der Waals surface area (Å²) in [6.45, 7) is 4.07. The maximum atomic E-state index is 12.7. The number of aryl methyl sites for hydroxylation is 1. The first-order valence-corrected chi connectivity index (χ1v) is 9.83. The summed E-state index contributed by atoms with van der Waals surface area (Å²) in [7, 11) is 0. The lowest BCUT2D eigenvalue weighted by Gasteiger charge is -2.27. The summed E-state index contributed by atoms with van der Waals surface area (Å²) < 4.78 is 0. The Labute approximate surface area is 163 Å². The molecule has 3 rings (SSSR count). The monoisotopic (exact) mass is 378 g/mol. The van der Waals surface area contributed by atoms with Gasteiger partial charge in [-0.25, -0.2) is 0 Å². The number of nitrogens with one attached hydrogen (secondary N) is 1. The minimum atomic E-state index is 0. The molecule has 2 unspecified atom stereocenters. The molecule has 2 atom stereocenters. The highest BCUT2D eigenvalue weighted by atomic mass is 35.5. The lowest BCUT2D eigenvalue weighted by molar-refractivity contribution is -0.133. The molecule has 2 bridgehead atoms. The summed E-state index contributed by atoms with van der Waals surface area (Å²) in [5.41, 5.74) is 2.01. The van der Waals surface area contributed by atoms with Crippen LogP contribution < -0.4 is 5.32 Å². The highest BCUT2D eigenvalue weighted by molar-refractivity contribution is 5.98. The van der Waals surface area contributed by atoms with Crippen molar-refractivity contribution in [2.75, 3.05) is 13.1 Å². The lowest BCUT2D eigenvalue weighted by atomic mass is 10.0. The summed E-state index contributed by atoms with van der Waals surface area (Å²) >= 11 is 0. The average Bonchev–Trinajstić information content (AvgIpc) is 2.90. The molecule has 2 aliphatic rings. The number of hydrogen-bond donors (Lipinski definition) is 1. The number of ketones is 1. The molecule has 2 fully saturated rings. The molecular formula is C21H31ClN2O2. The van der Waals surface area contributed by atoms with E-state index in [0.29, 0.717) is 24.9 Å². The Bertz CT molecular complexity index is 589. The fourth-order valence-corrected chi connectivity index (χ4v) is 4.12. The van der Waals surface area contributed by atoms with Gasteiger partial charge in [-0.3, -0.25) is 9.59 Å². The zero-order valence-corrected chi connectivity index (χ0v) is 16.5. The third kappa shape index (κ3) is 5.08. The van der Waals surface area contributed by atoms with Gasteiger partial charge in [-0.05, 0) is 44.2 Å². The Kier molecular flexibility index (Phi) is 8.11. The van der Waals surface area contributed by atoms with Gasteiger partial charge in [0.15, 0.2) is 5.78 Å². The van der Waals surface area contributed by atoms with Crippen LogP contribution >= 0.6 is 12.4 Å². The van der Waals surface area contributed by atoms with Gasteiger partial charge in [-0.1, -0.05) is 37.6 Å². The van der Waals surface area contributed by atoms with Crippen molar-refractivity contribution in [3.8, 4) is 0 Å². The van der Waals surface area contributed by atoms with E-state index in [4.69, 9.17) is 0 Å². The first-order valence-electron chi connectivity index (χ1n) is 9.83. The second kappa shape index (κ2) is 10.1. The zero-order valence-electron chi connectivity index (χ0n) is 15.7. The number of rotatable bonds is 7. The SMILES string of the molecule is CCCCc1ccc(C(=O)CCC(=O)N2C3CCNCC2CC3)cc1.Cl. The van der Waals surface area contributed by atoms with Crippen LogP contribution in [0.4, 0.5) is 0 Å². The number of unbranched alkanes of at least 4 members (excludes halogenated alkanes) is 1. The summed E-state index contributed by atoms with van der Waals surface area (Å²) in [6.07, 6.45) is 7.32. The minimum absolute atomic E-state index is 0. The van der Waals surface area contributed by atoms with Crippen LogP contribution in [0.5, 0.6) is 0 Å². The molecule has 0 aromatic heterocycles. The van der Waals surface area contributed by atoms with Crippen molar-refractivity contribution in [1.82, 2.24) is 10.2 Å². The van der Waals surface area contributed by atoms with Gasteiger partial charge in [0, 0.05) is 37.0 Å². The topological polar surface area (TPSA) is 49.4 Å². The van der Waals surface area contributed by atoms with Gasteiger partial charge in [-0.15, -0.1) is 12.4 Å². The predicted octanol–water partition coefficient (Wildman–Crippen LogP) is 3.77.